The van der Waals surface area contributed by atoms with E-state index in [9.17, 15) is 9.59 Å². The van der Waals surface area contributed by atoms with Crippen molar-refractivity contribution in [2.24, 2.45) is 0 Å². The summed E-state index contributed by atoms with van der Waals surface area (Å²) in [4.78, 5) is 24.1. The van der Waals surface area contributed by atoms with Crippen molar-refractivity contribution in [2.45, 2.75) is 12.0 Å². The largest absolute Gasteiger partial charge is 0.497 e. The molecular weight excluding hydrogens is 511 g/mol. The van der Waals surface area contributed by atoms with E-state index in [-0.39, 0.29) is 12.5 Å². The van der Waals surface area contributed by atoms with Crippen molar-refractivity contribution in [3.05, 3.63) is 113 Å². The fraction of sp³-hybridized carbons (Fsp3) is 0.188. The van der Waals surface area contributed by atoms with Crippen molar-refractivity contribution in [1.82, 2.24) is 5.32 Å². The zero-order chi connectivity index (χ0) is 28.1. The van der Waals surface area contributed by atoms with Crippen molar-refractivity contribution >= 4 is 12.1 Å². The Morgan fingerprint density at radius 2 is 1.45 bits per heavy atom. The van der Waals surface area contributed by atoms with Crippen LogP contribution in [0.3, 0.4) is 0 Å². The Labute approximate surface area is 232 Å². The number of aliphatic carboxylic acids is 1. The first-order valence-electron chi connectivity index (χ1n) is 12.8. The van der Waals surface area contributed by atoms with Crippen LogP contribution in [0.1, 0.15) is 34.2 Å². The highest BCUT2D eigenvalue weighted by Gasteiger charge is 2.30. The Morgan fingerprint density at radius 1 is 0.825 bits per heavy atom. The van der Waals surface area contributed by atoms with Gasteiger partial charge in [-0.2, -0.15) is 0 Å². The zero-order valence-corrected chi connectivity index (χ0v) is 22.1. The third-order valence-electron chi connectivity index (χ3n) is 6.93. The molecule has 8 heteroatoms. The highest BCUT2D eigenvalue weighted by Crippen LogP contribution is 2.44. The number of carboxylic acid groups (broad SMARTS) is 1. The van der Waals surface area contributed by atoms with Gasteiger partial charge in [0.1, 0.15) is 23.9 Å². The summed E-state index contributed by atoms with van der Waals surface area (Å²) in [6.07, 6.45) is -0.587. The molecule has 1 atom stereocenters. The number of amides is 1. The average Bonchev–Trinajstić information content (AvgIpc) is 3.31. The maximum Gasteiger partial charge on any atom is 0.407 e. The standard InChI is InChI=1S/C32H29NO7/c1-37-22-15-16-27(29(17-22)38-2)31(20-11-13-21(14-12-20)39-19-30(34)35)33-32(36)40-18-28-25-9-5-3-7-23(25)24-8-4-6-10-26(24)28/h3-17,28,31H,18-19H2,1-2H3,(H,33,36)(H,34,35)/i33+1. The van der Waals surface area contributed by atoms with E-state index >= 15 is 0 Å². The molecule has 0 aromatic heterocycles. The molecule has 4 aromatic carbocycles. The summed E-state index contributed by atoms with van der Waals surface area (Å²) in [6, 6.07) is 27.9. The fourth-order valence-electron chi connectivity index (χ4n) is 5.06. The average molecular weight is 541 g/mol. The summed E-state index contributed by atoms with van der Waals surface area (Å²) >= 11 is 0. The van der Waals surface area contributed by atoms with E-state index in [0.29, 0.717) is 22.8 Å². The normalized spacial score (nSPS) is 12.6. The number of alkyl carbamates (subject to hydrolysis) is 1. The van der Waals surface area contributed by atoms with Crippen LogP contribution in [0.25, 0.3) is 11.1 Å². The first-order valence-corrected chi connectivity index (χ1v) is 12.8. The molecule has 1 unspecified atom stereocenters. The predicted molar refractivity (Wildman–Crippen MR) is 149 cm³/mol. The van der Waals surface area contributed by atoms with E-state index < -0.39 is 24.7 Å². The molecule has 0 spiro atoms. The Hall–Kier alpha value is -4.98. The van der Waals surface area contributed by atoms with E-state index in [2.05, 4.69) is 29.6 Å². The Kier molecular flexibility index (Phi) is 7.87. The lowest BCUT2D eigenvalue weighted by Crippen LogP contribution is -2.31. The molecule has 0 saturated heterocycles. The quantitative estimate of drug-likeness (QED) is 0.245. The van der Waals surface area contributed by atoms with Crippen molar-refractivity contribution in [3.63, 3.8) is 0 Å². The van der Waals surface area contributed by atoms with Gasteiger partial charge in [0.05, 0.1) is 20.3 Å². The molecule has 0 aliphatic heterocycles. The summed E-state index contributed by atoms with van der Waals surface area (Å²) in [5.74, 6) is 0.389. The minimum Gasteiger partial charge on any atom is -0.497 e. The molecule has 204 valence electrons. The molecule has 1 amide bonds. The maximum atomic E-state index is 13.3. The smallest absolute Gasteiger partial charge is 0.407 e. The molecule has 2 N–H and O–H groups in total. The van der Waals surface area contributed by atoms with Gasteiger partial charge in [-0.15, -0.1) is 0 Å². The third-order valence-corrected chi connectivity index (χ3v) is 6.93. The molecule has 1 aliphatic carbocycles. The van der Waals surface area contributed by atoms with Gasteiger partial charge in [0, 0.05) is 17.5 Å². The highest BCUT2D eigenvalue weighted by molar-refractivity contribution is 5.79. The number of carbonyl (C=O) groups excluding carboxylic acids is 1. The van der Waals surface area contributed by atoms with Gasteiger partial charge >= 0.3 is 12.1 Å². The summed E-state index contributed by atoms with van der Waals surface area (Å²) in [6.45, 7) is -0.276. The molecule has 1 aliphatic rings. The predicted octanol–water partition coefficient (Wildman–Crippen LogP) is 5.80. The van der Waals surface area contributed by atoms with Crippen LogP contribution in [0.4, 0.5) is 4.79 Å². The maximum absolute atomic E-state index is 13.3. The summed E-state index contributed by atoms with van der Waals surface area (Å²) in [7, 11) is 3.11. The van der Waals surface area contributed by atoms with Crippen molar-refractivity contribution < 1.29 is 33.6 Å². The van der Waals surface area contributed by atoms with Crippen LogP contribution >= 0.6 is 0 Å². The topological polar surface area (TPSA) is 103 Å². The number of rotatable bonds is 10. The van der Waals surface area contributed by atoms with Crippen LogP contribution in [0.15, 0.2) is 91.0 Å². The van der Waals surface area contributed by atoms with E-state index in [4.69, 9.17) is 24.1 Å². The van der Waals surface area contributed by atoms with E-state index in [0.717, 1.165) is 27.8 Å². The zero-order valence-electron chi connectivity index (χ0n) is 22.1. The second kappa shape index (κ2) is 11.8. The number of carboxylic acids is 1. The summed E-state index contributed by atoms with van der Waals surface area (Å²) in [5, 5.41) is 11.9. The third kappa shape index (κ3) is 5.56. The van der Waals surface area contributed by atoms with Crippen molar-refractivity contribution in [3.8, 4) is 28.4 Å². The molecule has 8 nitrogen and oxygen atoms in total. The number of methoxy groups -OCH3 is 2. The Morgan fingerprint density at radius 3 is 2.05 bits per heavy atom. The van der Waals surface area contributed by atoms with Gasteiger partial charge in [-0.3, -0.25) is 0 Å². The van der Waals surface area contributed by atoms with Crippen LogP contribution in [-0.4, -0.2) is 44.6 Å². The van der Waals surface area contributed by atoms with Crippen LogP contribution < -0.4 is 19.5 Å². The molecule has 4 aromatic rings. The molecule has 5 rings (SSSR count). The lowest BCUT2D eigenvalue weighted by molar-refractivity contribution is -0.139. The molecule has 0 heterocycles. The van der Waals surface area contributed by atoms with Gasteiger partial charge in [0.25, 0.3) is 0 Å². The Bertz CT molecular complexity index is 1470. The number of nitrogens with one attached hydrogen (secondary N) is 1. The molecule has 0 fully saturated rings. The second-order valence-corrected chi connectivity index (χ2v) is 9.26. The number of fused-ring (bicyclic) bond motifs is 3. The van der Waals surface area contributed by atoms with Gasteiger partial charge in [-0.05, 0) is 52.1 Å². The van der Waals surface area contributed by atoms with Gasteiger partial charge in [-0.1, -0.05) is 60.7 Å². The molecule has 0 saturated carbocycles. The minimum absolute atomic E-state index is 0.0715. The molecule has 0 radical (unpaired) electrons. The minimum atomic E-state index is -1.07. The highest BCUT2D eigenvalue weighted by atomic mass is 16.6. The molecule has 40 heavy (non-hydrogen) atoms. The summed E-state index contributed by atoms with van der Waals surface area (Å²) < 4.78 is 22.0. The van der Waals surface area contributed by atoms with Crippen LogP contribution in [-0.2, 0) is 9.53 Å². The molecular formula is C32H29NO7. The monoisotopic (exact) mass is 540 g/mol. The van der Waals surface area contributed by atoms with E-state index in [1.54, 1.807) is 50.6 Å². The first-order chi connectivity index (χ1) is 19.5. The van der Waals surface area contributed by atoms with Crippen LogP contribution in [0.2, 0.25) is 0 Å². The van der Waals surface area contributed by atoms with E-state index in [1.807, 2.05) is 30.3 Å². The van der Waals surface area contributed by atoms with Crippen molar-refractivity contribution in [2.75, 3.05) is 27.4 Å². The number of hydrogen-bond donors (Lipinski definition) is 2. The number of ether oxygens (including phenoxy) is 4. The fourth-order valence-corrected chi connectivity index (χ4v) is 5.06. The first kappa shape index (κ1) is 26.6. The second-order valence-electron chi connectivity index (χ2n) is 9.26. The van der Waals surface area contributed by atoms with Gasteiger partial charge < -0.3 is 29.4 Å². The van der Waals surface area contributed by atoms with Crippen LogP contribution in [0, 0.1) is 0 Å². The lowest BCUT2D eigenvalue weighted by atomic mass is 9.98. The van der Waals surface area contributed by atoms with E-state index in [1.165, 1.54) is 0 Å². The van der Waals surface area contributed by atoms with Crippen molar-refractivity contribution in [1.29, 1.82) is 0 Å². The molecule has 0 bridgehead atoms. The lowest BCUT2D eigenvalue weighted by Gasteiger charge is -2.23. The number of carbonyl (C=O) groups is 2. The number of hydrogen-bond acceptors (Lipinski definition) is 6. The number of benzene rings is 4. The Balaban J connectivity index is 1.38. The summed E-state index contributed by atoms with van der Waals surface area (Å²) in [5.41, 5.74) is 5.97. The van der Waals surface area contributed by atoms with Gasteiger partial charge in [-0.25, -0.2) is 9.59 Å². The van der Waals surface area contributed by atoms with Gasteiger partial charge in [0.2, 0.25) is 0 Å². The van der Waals surface area contributed by atoms with Crippen LogP contribution in [0.5, 0.6) is 17.2 Å². The SMILES string of the molecule is COc1ccc(C([15NH]C(=O)OCC2c3ccccc3-c3ccccc32)c2ccc(OCC(=O)O)cc2)c(OC)c1. The van der Waals surface area contributed by atoms with Gasteiger partial charge in [0.15, 0.2) is 6.61 Å².